The van der Waals surface area contributed by atoms with Crippen molar-refractivity contribution in [3.8, 4) is 11.5 Å². The summed E-state index contributed by atoms with van der Waals surface area (Å²) in [5.74, 6) is -2.08. The van der Waals surface area contributed by atoms with Crippen molar-refractivity contribution in [2.24, 2.45) is 0 Å². The van der Waals surface area contributed by atoms with Gasteiger partial charge in [0.25, 0.3) is 0 Å². The molecule has 1 N–H and O–H groups in total. The Balaban J connectivity index is 2.38. The molecule has 0 saturated heterocycles. The molecule has 3 nitrogen and oxygen atoms in total. The first-order valence-corrected chi connectivity index (χ1v) is 6.56. The summed E-state index contributed by atoms with van der Waals surface area (Å²) in [7, 11) is 0. The van der Waals surface area contributed by atoms with Gasteiger partial charge in [-0.3, -0.25) is 4.98 Å². The fourth-order valence-electron chi connectivity index (χ4n) is 1.85. The zero-order valence-electron chi connectivity index (χ0n) is 12.2. The first kappa shape index (κ1) is 15.2. The SMILES string of the molecule is CC(C)(C)Oc1c(F)cnc(Cc2ccccc2O)c1F. The number of aromatic hydroxyl groups is 1. The predicted octanol–water partition coefficient (Wildman–Crippen LogP) is 3.83. The van der Waals surface area contributed by atoms with Gasteiger partial charge in [-0.05, 0) is 32.4 Å². The van der Waals surface area contributed by atoms with Gasteiger partial charge in [-0.1, -0.05) is 18.2 Å². The van der Waals surface area contributed by atoms with Crippen molar-refractivity contribution >= 4 is 0 Å². The number of benzene rings is 1. The molecule has 1 aromatic heterocycles. The Kier molecular flexibility index (Phi) is 4.11. The molecule has 0 atom stereocenters. The number of phenols is 1. The second-order valence-corrected chi connectivity index (χ2v) is 5.72. The standard InChI is InChI=1S/C16H17F2NO2/c1-16(2,3)21-15-11(17)9-19-12(14(15)18)8-10-6-4-5-7-13(10)20/h4-7,9,20H,8H2,1-3H3. The smallest absolute Gasteiger partial charge is 0.194 e. The first-order chi connectivity index (χ1) is 9.78. The van der Waals surface area contributed by atoms with Gasteiger partial charge in [-0.2, -0.15) is 0 Å². The van der Waals surface area contributed by atoms with Crippen LogP contribution in [0.4, 0.5) is 8.78 Å². The maximum atomic E-state index is 14.4. The predicted molar refractivity (Wildman–Crippen MR) is 75.4 cm³/mol. The number of nitrogens with zero attached hydrogens (tertiary/aromatic N) is 1. The van der Waals surface area contributed by atoms with Gasteiger partial charge in [0.2, 0.25) is 0 Å². The molecular weight excluding hydrogens is 276 g/mol. The Labute approximate surface area is 122 Å². The Hall–Kier alpha value is -2.17. The minimum atomic E-state index is -0.844. The molecule has 0 saturated carbocycles. The van der Waals surface area contributed by atoms with Crippen molar-refractivity contribution in [2.45, 2.75) is 32.8 Å². The van der Waals surface area contributed by atoms with Gasteiger partial charge in [0.15, 0.2) is 17.4 Å². The lowest BCUT2D eigenvalue weighted by Crippen LogP contribution is -2.24. The summed E-state index contributed by atoms with van der Waals surface area (Å²) in [4.78, 5) is 3.76. The highest BCUT2D eigenvalue weighted by molar-refractivity contribution is 5.37. The molecule has 0 aliphatic rings. The van der Waals surface area contributed by atoms with Crippen LogP contribution in [0, 0.1) is 11.6 Å². The molecule has 0 unspecified atom stereocenters. The summed E-state index contributed by atoms with van der Waals surface area (Å²) in [6, 6.07) is 6.55. The van der Waals surface area contributed by atoms with Crippen LogP contribution in [0.25, 0.3) is 0 Å². The Morgan fingerprint density at radius 1 is 1.19 bits per heavy atom. The molecule has 5 heteroatoms. The molecule has 1 heterocycles. The molecular formula is C16H17F2NO2. The molecule has 1 aromatic carbocycles. The van der Waals surface area contributed by atoms with Gasteiger partial charge < -0.3 is 9.84 Å². The van der Waals surface area contributed by atoms with Gasteiger partial charge in [-0.15, -0.1) is 0 Å². The zero-order valence-corrected chi connectivity index (χ0v) is 12.2. The lowest BCUT2D eigenvalue weighted by atomic mass is 10.1. The van der Waals surface area contributed by atoms with Crippen molar-refractivity contribution in [2.75, 3.05) is 0 Å². The van der Waals surface area contributed by atoms with Crippen molar-refractivity contribution in [1.82, 2.24) is 4.98 Å². The van der Waals surface area contributed by atoms with E-state index in [0.717, 1.165) is 6.20 Å². The summed E-state index contributed by atoms with van der Waals surface area (Å²) >= 11 is 0. The van der Waals surface area contributed by atoms with Gasteiger partial charge in [0, 0.05) is 6.42 Å². The van der Waals surface area contributed by atoms with E-state index in [4.69, 9.17) is 4.74 Å². The molecule has 2 aromatic rings. The van der Waals surface area contributed by atoms with Crippen LogP contribution >= 0.6 is 0 Å². The number of halogens is 2. The quantitative estimate of drug-likeness (QED) is 0.935. The number of para-hydroxylation sites is 1. The highest BCUT2D eigenvalue weighted by atomic mass is 19.1. The normalized spacial score (nSPS) is 11.5. The highest BCUT2D eigenvalue weighted by Crippen LogP contribution is 2.29. The van der Waals surface area contributed by atoms with Gasteiger partial charge in [-0.25, -0.2) is 8.78 Å². The van der Waals surface area contributed by atoms with Gasteiger partial charge >= 0.3 is 0 Å². The highest BCUT2D eigenvalue weighted by Gasteiger charge is 2.22. The molecule has 0 amide bonds. The van der Waals surface area contributed by atoms with Crippen LogP contribution in [0.3, 0.4) is 0 Å². The van der Waals surface area contributed by atoms with Crippen LogP contribution in [-0.4, -0.2) is 15.7 Å². The molecule has 0 aliphatic heterocycles. The van der Waals surface area contributed by atoms with Crippen LogP contribution < -0.4 is 4.74 Å². The maximum Gasteiger partial charge on any atom is 0.194 e. The summed E-state index contributed by atoms with van der Waals surface area (Å²) in [5, 5.41) is 9.72. The topological polar surface area (TPSA) is 42.4 Å². The van der Waals surface area contributed by atoms with Crippen molar-refractivity contribution in [1.29, 1.82) is 0 Å². The molecule has 0 aliphatic carbocycles. The number of rotatable bonds is 3. The average Bonchev–Trinajstić information content (AvgIpc) is 2.39. The third-order valence-electron chi connectivity index (χ3n) is 2.76. The lowest BCUT2D eigenvalue weighted by Gasteiger charge is -2.22. The Bertz CT molecular complexity index is 651. The van der Waals surface area contributed by atoms with Crippen LogP contribution in [-0.2, 0) is 6.42 Å². The minimum Gasteiger partial charge on any atom is -0.508 e. The monoisotopic (exact) mass is 293 g/mol. The number of phenolic OH excluding ortho intramolecular Hbond substituents is 1. The molecule has 112 valence electrons. The molecule has 0 fully saturated rings. The molecule has 0 bridgehead atoms. The van der Waals surface area contributed by atoms with Crippen molar-refractivity contribution in [3.05, 3.63) is 53.4 Å². The first-order valence-electron chi connectivity index (χ1n) is 6.56. The summed E-state index contributed by atoms with van der Waals surface area (Å²) in [5.41, 5.74) is -0.191. The van der Waals surface area contributed by atoms with E-state index in [1.807, 2.05) is 0 Å². The average molecular weight is 293 g/mol. The number of hydrogen-bond donors (Lipinski definition) is 1. The lowest BCUT2D eigenvalue weighted by molar-refractivity contribution is 0.116. The van der Waals surface area contributed by atoms with E-state index in [-0.39, 0.29) is 17.9 Å². The van der Waals surface area contributed by atoms with Gasteiger partial charge in [0.05, 0.1) is 11.9 Å². The summed E-state index contributed by atoms with van der Waals surface area (Å²) in [6.07, 6.45) is 0.985. The summed E-state index contributed by atoms with van der Waals surface area (Å²) in [6.45, 7) is 5.11. The van der Waals surface area contributed by atoms with E-state index in [0.29, 0.717) is 5.56 Å². The molecule has 0 spiro atoms. The van der Waals surface area contributed by atoms with Crippen LogP contribution in [0.15, 0.2) is 30.5 Å². The number of ether oxygens (including phenoxy) is 1. The number of hydrogen-bond acceptors (Lipinski definition) is 3. The van der Waals surface area contributed by atoms with E-state index in [9.17, 15) is 13.9 Å². The second kappa shape index (κ2) is 5.68. The second-order valence-electron chi connectivity index (χ2n) is 5.72. The number of pyridine rings is 1. The van der Waals surface area contributed by atoms with Gasteiger partial charge in [0.1, 0.15) is 11.4 Å². The van der Waals surface area contributed by atoms with E-state index < -0.39 is 23.0 Å². The third kappa shape index (κ3) is 3.68. The molecule has 2 rings (SSSR count). The summed E-state index contributed by atoms with van der Waals surface area (Å²) < 4.78 is 33.4. The van der Waals surface area contributed by atoms with Crippen molar-refractivity contribution in [3.63, 3.8) is 0 Å². The molecule has 0 radical (unpaired) electrons. The fraction of sp³-hybridized carbons (Fsp3) is 0.312. The van der Waals surface area contributed by atoms with Crippen LogP contribution in [0.5, 0.6) is 11.5 Å². The van der Waals surface area contributed by atoms with Crippen LogP contribution in [0.2, 0.25) is 0 Å². The molecule has 21 heavy (non-hydrogen) atoms. The van der Waals surface area contributed by atoms with Crippen molar-refractivity contribution < 1.29 is 18.6 Å². The third-order valence-corrected chi connectivity index (χ3v) is 2.76. The van der Waals surface area contributed by atoms with E-state index in [1.165, 1.54) is 6.07 Å². The fourth-order valence-corrected chi connectivity index (χ4v) is 1.85. The number of aromatic nitrogens is 1. The zero-order chi connectivity index (χ0) is 15.6. The van der Waals surface area contributed by atoms with E-state index in [2.05, 4.69) is 4.98 Å². The minimum absolute atomic E-state index is 0.0251. The van der Waals surface area contributed by atoms with E-state index in [1.54, 1.807) is 39.0 Å². The largest absolute Gasteiger partial charge is 0.508 e. The maximum absolute atomic E-state index is 14.4. The Morgan fingerprint density at radius 2 is 1.86 bits per heavy atom. The van der Waals surface area contributed by atoms with E-state index >= 15 is 0 Å². The Morgan fingerprint density at radius 3 is 2.48 bits per heavy atom. The van der Waals surface area contributed by atoms with Crippen LogP contribution in [0.1, 0.15) is 32.0 Å².